The Bertz CT molecular complexity index is 845. The number of rotatable bonds is 5. The summed E-state index contributed by atoms with van der Waals surface area (Å²) in [7, 11) is 0. The Morgan fingerprint density at radius 1 is 1.34 bits per heavy atom. The second kappa shape index (κ2) is 6.97. The van der Waals surface area contributed by atoms with Gasteiger partial charge in [-0.2, -0.15) is 0 Å². The van der Waals surface area contributed by atoms with Gasteiger partial charge in [-0.1, -0.05) is 38.8 Å². The van der Waals surface area contributed by atoms with Crippen molar-refractivity contribution in [1.82, 2.24) is 19.4 Å². The average molecular weight is 399 g/mol. The van der Waals surface area contributed by atoms with E-state index in [-0.39, 0.29) is 23.8 Å². The molecule has 4 atom stereocenters. The molecular weight excluding hydrogens is 368 g/mol. The maximum absolute atomic E-state index is 13.6. The number of aryl methyl sites for hydroxylation is 1. The highest BCUT2D eigenvalue weighted by Crippen LogP contribution is 2.52. The maximum atomic E-state index is 13.6. The number of aromatic nitrogens is 2. The van der Waals surface area contributed by atoms with Crippen molar-refractivity contribution in [2.75, 3.05) is 19.6 Å². The molecule has 4 aliphatic heterocycles. The van der Waals surface area contributed by atoms with Crippen molar-refractivity contribution in [3.63, 3.8) is 0 Å². The molecule has 2 amide bonds. The molecule has 2 bridgehead atoms. The molecule has 0 N–H and O–H groups in total. The normalized spacial score (nSPS) is 32.8. The molecule has 5 rings (SSSR count). The number of imidazole rings is 1. The molecule has 0 aromatic carbocycles. The van der Waals surface area contributed by atoms with Crippen molar-refractivity contribution in [2.45, 2.75) is 57.9 Å². The molecule has 156 valence electrons. The van der Waals surface area contributed by atoms with Crippen LogP contribution in [0.15, 0.2) is 24.7 Å². The van der Waals surface area contributed by atoms with Crippen molar-refractivity contribution in [3.8, 4) is 0 Å². The molecule has 7 heteroatoms. The number of amides is 2. The van der Waals surface area contributed by atoms with E-state index in [0.29, 0.717) is 25.6 Å². The summed E-state index contributed by atoms with van der Waals surface area (Å²) in [5.41, 5.74) is 0.445. The Hall–Kier alpha value is -2.15. The van der Waals surface area contributed by atoms with E-state index in [4.69, 9.17) is 4.74 Å². The fraction of sp³-hybridized carbons (Fsp3) is 0.682. The monoisotopic (exact) mass is 398 g/mol. The minimum Gasteiger partial charge on any atom is -0.360 e. The number of nitrogens with zero attached hydrogens (tertiary/aromatic N) is 4. The van der Waals surface area contributed by atoms with E-state index in [0.717, 1.165) is 38.0 Å². The molecule has 29 heavy (non-hydrogen) atoms. The van der Waals surface area contributed by atoms with Crippen LogP contribution < -0.4 is 0 Å². The standard InChI is InChI=1S/C22H30N4O3/c1-3-15(4-2)11-26-13-22-7-6-17(29-22)18(19(22)21(26)28)20(27)24-8-5-9-25-14-23-10-16(25)12-24/h6-7,10,14-15,17-19H,3-5,8-9,11-13H2,1-2H3/t17-,18+,19+,22-/m0/s1. The van der Waals surface area contributed by atoms with Crippen LogP contribution >= 0.6 is 0 Å². The van der Waals surface area contributed by atoms with Crippen molar-refractivity contribution in [3.05, 3.63) is 30.4 Å². The molecule has 0 unspecified atom stereocenters. The third-order valence-corrected chi connectivity index (χ3v) is 7.39. The first kappa shape index (κ1) is 18.9. The highest BCUT2D eigenvalue weighted by Gasteiger charge is 2.67. The predicted octanol–water partition coefficient (Wildman–Crippen LogP) is 1.83. The van der Waals surface area contributed by atoms with Crippen LogP contribution in [-0.4, -0.2) is 62.5 Å². The zero-order chi connectivity index (χ0) is 20.2. The third-order valence-electron chi connectivity index (χ3n) is 7.39. The van der Waals surface area contributed by atoms with E-state index in [1.165, 1.54) is 0 Å². The molecular formula is C22H30N4O3. The Kier molecular flexibility index (Phi) is 4.53. The first-order chi connectivity index (χ1) is 14.1. The van der Waals surface area contributed by atoms with Crippen LogP contribution in [0.4, 0.5) is 0 Å². The largest absolute Gasteiger partial charge is 0.360 e. The number of carbonyl (C=O) groups excluding carboxylic acids is 2. The van der Waals surface area contributed by atoms with Crippen LogP contribution in [0.3, 0.4) is 0 Å². The first-order valence-corrected chi connectivity index (χ1v) is 11.0. The van der Waals surface area contributed by atoms with Gasteiger partial charge in [0.2, 0.25) is 11.8 Å². The molecule has 0 aliphatic carbocycles. The van der Waals surface area contributed by atoms with Crippen molar-refractivity contribution in [1.29, 1.82) is 0 Å². The van der Waals surface area contributed by atoms with Gasteiger partial charge in [-0.05, 0) is 12.3 Å². The van der Waals surface area contributed by atoms with E-state index in [9.17, 15) is 9.59 Å². The zero-order valence-corrected chi connectivity index (χ0v) is 17.3. The zero-order valence-electron chi connectivity index (χ0n) is 17.3. The molecule has 5 heterocycles. The lowest BCUT2D eigenvalue weighted by molar-refractivity contribution is -0.143. The highest BCUT2D eigenvalue weighted by molar-refractivity contribution is 5.93. The van der Waals surface area contributed by atoms with E-state index < -0.39 is 11.5 Å². The minimum absolute atomic E-state index is 0.0543. The fourth-order valence-corrected chi connectivity index (χ4v) is 5.66. The van der Waals surface area contributed by atoms with Crippen molar-refractivity contribution in [2.24, 2.45) is 17.8 Å². The summed E-state index contributed by atoms with van der Waals surface area (Å²) in [4.78, 5) is 35.1. The second-order valence-corrected chi connectivity index (χ2v) is 8.99. The van der Waals surface area contributed by atoms with E-state index in [1.807, 2.05) is 28.4 Å². The van der Waals surface area contributed by atoms with Gasteiger partial charge in [-0.25, -0.2) is 4.98 Å². The molecule has 2 fully saturated rings. The van der Waals surface area contributed by atoms with Crippen LogP contribution in [0.1, 0.15) is 38.8 Å². The second-order valence-electron chi connectivity index (χ2n) is 8.99. The van der Waals surface area contributed by atoms with Gasteiger partial charge >= 0.3 is 0 Å². The first-order valence-electron chi connectivity index (χ1n) is 11.0. The Morgan fingerprint density at radius 3 is 2.97 bits per heavy atom. The minimum atomic E-state index is -0.609. The van der Waals surface area contributed by atoms with Gasteiger partial charge in [0.1, 0.15) is 5.60 Å². The molecule has 2 saturated heterocycles. The van der Waals surface area contributed by atoms with Gasteiger partial charge < -0.3 is 19.1 Å². The van der Waals surface area contributed by atoms with Crippen LogP contribution in [0.5, 0.6) is 0 Å². The summed E-state index contributed by atoms with van der Waals surface area (Å²) in [6, 6.07) is 0. The van der Waals surface area contributed by atoms with E-state index >= 15 is 0 Å². The van der Waals surface area contributed by atoms with E-state index in [2.05, 4.69) is 29.5 Å². The topological polar surface area (TPSA) is 67.7 Å². The average Bonchev–Trinajstić information content (AvgIpc) is 3.44. The Labute approximate surface area is 171 Å². The summed E-state index contributed by atoms with van der Waals surface area (Å²) in [6.07, 6.45) is 10.5. The predicted molar refractivity (Wildman–Crippen MR) is 107 cm³/mol. The third kappa shape index (κ3) is 2.85. The summed E-state index contributed by atoms with van der Waals surface area (Å²) in [5.74, 6) is -0.142. The highest BCUT2D eigenvalue weighted by atomic mass is 16.5. The van der Waals surface area contributed by atoms with Crippen LogP contribution in [-0.2, 0) is 27.4 Å². The van der Waals surface area contributed by atoms with Gasteiger partial charge in [-0.15, -0.1) is 0 Å². The van der Waals surface area contributed by atoms with Crippen molar-refractivity contribution < 1.29 is 14.3 Å². The molecule has 1 spiro atoms. The van der Waals surface area contributed by atoms with Crippen LogP contribution in [0.25, 0.3) is 0 Å². The Morgan fingerprint density at radius 2 is 2.17 bits per heavy atom. The fourth-order valence-electron chi connectivity index (χ4n) is 5.66. The number of hydrogen-bond donors (Lipinski definition) is 0. The van der Waals surface area contributed by atoms with Gasteiger partial charge in [0, 0.05) is 25.8 Å². The lowest BCUT2D eigenvalue weighted by Gasteiger charge is -2.29. The lowest BCUT2D eigenvalue weighted by Crippen LogP contribution is -2.46. The lowest BCUT2D eigenvalue weighted by atomic mass is 9.76. The Balaban J connectivity index is 1.38. The van der Waals surface area contributed by atoms with Gasteiger partial charge in [0.15, 0.2) is 0 Å². The number of carbonyl (C=O) groups is 2. The van der Waals surface area contributed by atoms with Crippen molar-refractivity contribution >= 4 is 11.8 Å². The molecule has 0 radical (unpaired) electrons. The molecule has 1 aromatic rings. The smallest absolute Gasteiger partial charge is 0.230 e. The summed E-state index contributed by atoms with van der Waals surface area (Å²) in [5, 5.41) is 0. The van der Waals surface area contributed by atoms with Crippen LogP contribution in [0.2, 0.25) is 0 Å². The number of fused-ring (bicyclic) bond motifs is 2. The summed E-state index contributed by atoms with van der Waals surface area (Å²) in [6.45, 7) is 7.82. The van der Waals surface area contributed by atoms with E-state index in [1.54, 1.807) is 0 Å². The molecule has 7 nitrogen and oxygen atoms in total. The number of likely N-dealkylation sites (tertiary alicyclic amines) is 1. The molecule has 4 aliphatic rings. The summed E-state index contributed by atoms with van der Waals surface area (Å²) < 4.78 is 8.42. The maximum Gasteiger partial charge on any atom is 0.230 e. The number of hydrogen-bond acceptors (Lipinski definition) is 4. The molecule has 0 saturated carbocycles. The van der Waals surface area contributed by atoms with Gasteiger partial charge in [-0.3, -0.25) is 9.59 Å². The number of ether oxygens (including phenoxy) is 1. The quantitative estimate of drug-likeness (QED) is 0.710. The van der Waals surface area contributed by atoms with Crippen LogP contribution in [0, 0.1) is 17.8 Å². The van der Waals surface area contributed by atoms with Gasteiger partial charge in [0.25, 0.3) is 0 Å². The SMILES string of the molecule is CCC(CC)CN1C[C@]23C=C[C@H](O2)[C@@H](C(=O)N2CCCn4cncc4C2)[C@@H]3C1=O. The van der Waals surface area contributed by atoms with Gasteiger partial charge in [0.05, 0.1) is 43.1 Å². The molecule has 1 aromatic heterocycles. The summed E-state index contributed by atoms with van der Waals surface area (Å²) >= 11 is 0.